The van der Waals surface area contributed by atoms with Crippen LogP contribution in [0.3, 0.4) is 0 Å². The molecule has 2 nitrogen and oxygen atoms in total. The van der Waals surface area contributed by atoms with E-state index in [9.17, 15) is 5.11 Å². The van der Waals surface area contributed by atoms with Crippen LogP contribution >= 0.6 is 0 Å². The summed E-state index contributed by atoms with van der Waals surface area (Å²) in [6.07, 6.45) is 6.03. The Bertz CT molecular complexity index is 349. The summed E-state index contributed by atoms with van der Waals surface area (Å²) in [4.78, 5) is 0. The Labute approximate surface area is 97.7 Å². The number of benzene rings is 1. The summed E-state index contributed by atoms with van der Waals surface area (Å²) in [7, 11) is 0. The lowest BCUT2D eigenvalue weighted by atomic mass is 9.87. The molecular weight excluding hydrogens is 198 g/mol. The van der Waals surface area contributed by atoms with Gasteiger partial charge in [-0.15, -0.1) is 0 Å². The zero-order chi connectivity index (χ0) is 11.4. The van der Waals surface area contributed by atoms with Crippen molar-refractivity contribution >= 4 is 0 Å². The number of hydrogen-bond acceptors (Lipinski definition) is 2. The lowest BCUT2D eigenvalue weighted by Crippen LogP contribution is -2.25. The largest absolute Gasteiger partial charge is 0.508 e. The first kappa shape index (κ1) is 11.5. The van der Waals surface area contributed by atoms with Crippen LogP contribution in [0.4, 0.5) is 0 Å². The maximum Gasteiger partial charge on any atom is 0.115 e. The van der Waals surface area contributed by atoms with Crippen LogP contribution < -0.4 is 5.32 Å². The zero-order valence-corrected chi connectivity index (χ0v) is 10.00. The van der Waals surface area contributed by atoms with Crippen molar-refractivity contribution in [3.63, 3.8) is 0 Å². The number of unbranched alkanes of at least 4 members (excludes halogenated alkanes) is 1. The van der Waals surface area contributed by atoms with Gasteiger partial charge in [0.25, 0.3) is 0 Å². The van der Waals surface area contributed by atoms with Crippen LogP contribution in [-0.2, 0) is 6.42 Å². The molecule has 0 saturated heterocycles. The molecule has 1 atom stereocenters. The van der Waals surface area contributed by atoms with Gasteiger partial charge in [0, 0.05) is 6.04 Å². The average Bonchev–Trinajstić information content (AvgIpc) is 2.29. The molecule has 2 N–H and O–H groups in total. The van der Waals surface area contributed by atoms with Gasteiger partial charge in [0.2, 0.25) is 0 Å². The quantitative estimate of drug-likeness (QED) is 0.762. The van der Waals surface area contributed by atoms with Crippen molar-refractivity contribution in [2.75, 3.05) is 6.54 Å². The molecule has 0 spiro atoms. The molecule has 16 heavy (non-hydrogen) atoms. The lowest BCUT2D eigenvalue weighted by Gasteiger charge is -2.26. The highest BCUT2D eigenvalue weighted by Crippen LogP contribution is 2.31. The van der Waals surface area contributed by atoms with Crippen molar-refractivity contribution in [1.29, 1.82) is 0 Å². The summed E-state index contributed by atoms with van der Waals surface area (Å²) >= 11 is 0. The van der Waals surface area contributed by atoms with Gasteiger partial charge in [0.05, 0.1) is 0 Å². The molecule has 0 amide bonds. The second-order valence-electron chi connectivity index (χ2n) is 4.64. The number of fused-ring (bicyclic) bond motifs is 1. The van der Waals surface area contributed by atoms with Crippen LogP contribution in [0.1, 0.15) is 49.8 Å². The monoisotopic (exact) mass is 219 g/mol. The van der Waals surface area contributed by atoms with Gasteiger partial charge in [0.1, 0.15) is 5.75 Å². The van der Waals surface area contributed by atoms with Gasteiger partial charge >= 0.3 is 0 Å². The van der Waals surface area contributed by atoms with Crippen molar-refractivity contribution in [2.24, 2.45) is 0 Å². The van der Waals surface area contributed by atoms with Crippen molar-refractivity contribution in [3.05, 3.63) is 29.3 Å². The highest BCUT2D eigenvalue weighted by Gasteiger charge is 2.19. The number of phenols is 1. The molecule has 2 rings (SSSR count). The topological polar surface area (TPSA) is 32.3 Å². The summed E-state index contributed by atoms with van der Waals surface area (Å²) in [6.45, 7) is 3.32. The van der Waals surface area contributed by atoms with Crippen LogP contribution in [0, 0.1) is 0 Å². The number of rotatable bonds is 4. The Morgan fingerprint density at radius 3 is 3.12 bits per heavy atom. The Balaban J connectivity index is 2.07. The fourth-order valence-electron chi connectivity index (χ4n) is 2.47. The lowest BCUT2D eigenvalue weighted by molar-refractivity contribution is 0.446. The summed E-state index contributed by atoms with van der Waals surface area (Å²) < 4.78 is 0. The zero-order valence-electron chi connectivity index (χ0n) is 10.00. The predicted octanol–water partition coefficient (Wildman–Crippen LogP) is 3.16. The number of aryl methyl sites for hydroxylation is 1. The van der Waals surface area contributed by atoms with Crippen LogP contribution in [-0.4, -0.2) is 11.7 Å². The highest BCUT2D eigenvalue weighted by atomic mass is 16.3. The summed E-state index contributed by atoms with van der Waals surface area (Å²) in [5, 5.41) is 13.1. The molecule has 0 heterocycles. The third-order valence-electron chi connectivity index (χ3n) is 3.36. The van der Waals surface area contributed by atoms with Crippen molar-refractivity contribution in [1.82, 2.24) is 5.32 Å². The maximum absolute atomic E-state index is 9.47. The molecule has 0 bridgehead atoms. The second kappa shape index (κ2) is 5.35. The molecule has 1 unspecified atom stereocenters. The first-order chi connectivity index (χ1) is 7.81. The Morgan fingerprint density at radius 2 is 2.31 bits per heavy atom. The molecule has 0 radical (unpaired) electrons. The number of nitrogens with one attached hydrogen (secondary N) is 1. The van der Waals surface area contributed by atoms with Crippen LogP contribution in [0.15, 0.2) is 18.2 Å². The third kappa shape index (κ3) is 2.56. The fourth-order valence-corrected chi connectivity index (χ4v) is 2.47. The van der Waals surface area contributed by atoms with E-state index < -0.39 is 0 Å². The molecule has 1 aromatic rings. The minimum absolute atomic E-state index is 0.396. The Morgan fingerprint density at radius 1 is 1.44 bits per heavy atom. The number of phenolic OH excluding ortho intramolecular Hbond substituents is 1. The molecule has 1 aromatic carbocycles. The van der Waals surface area contributed by atoms with Crippen LogP contribution in [0.5, 0.6) is 5.75 Å². The van der Waals surface area contributed by atoms with Gasteiger partial charge in [-0.2, -0.15) is 0 Å². The number of aromatic hydroxyl groups is 1. The first-order valence-electron chi connectivity index (χ1n) is 6.36. The molecule has 1 aliphatic rings. The first-order valence-corrected chi connectivity index (χ1v) is 6.36. The Kier molecular flexibility index (Phi) is 3.83. The van der Waals surface area contributed by atoms with Crippen LogP contribution in [0.25, 0.3) is 0 Å². The van der Waals surface area contributed by atoms with Crippen molar-refractivity contribution < 1.29 is 5.11 Å². The maximum atomic E-state index is 9.47. The molecular formula is C14H21NO. The third-order valence-corrected chi connectivity index (χ3v) is 3.36. The fraction of sp³-hybridized carbons (Fsp3) is 0.571. The second-order valence-corrected chi connectivity index (χ2v) is 4.64. The van der Waals surface area contributed by atoms with E-state index in [1.807, 2.05) is 6.07 Å². The van der Waals surface area contributed by atoms with E-state index in [4.69, 9.17) is 0 Å². The minimum atomic E-state index is 0.396. The van der Waals surface area contributed by atoms with Crippen molar-refractivity contribution in [2.45, 2.75) is 45.1 Å². The molecule has 2 heteroatoms. The van der Waals surface area contributed by atoms with E-state index in [0.717, 1.165) is 13.0 Å². The Hall–Kier alpha value is -1.02. The number of hydrogen-bond donors (Lipinski definition) is 2. The molecule has 1 aliphatic carbocycles. The SMILES string of the molecule is CCCCNC1CCCc2cc(O)ccc21. The van der Waals surface area contributed by atoms with Gasteiger partial charge in [-0.1, -0.05) is 19.4 Å². The molecule has 0 fully saturated rings. The standard InChI is InChI=1S/C14H21NO/c1-2-3-9-15-14-6-4-5-11-10-12(16)7-8-13(11)14/h7-8,10,14-16H,2-6,9H2,1H3. The van der Waals surface area contributed by atoms with E-state index in [2.05, 4.69) is 18.3 Å². The average molecular weight is 219 g/mol. The smallest absolute Gasteiger partial charge is 0.115 e. The van der Waals surface area contributed by atoms with E-state index >= 15 is 0 Å². The normalized spacial score (nSPS) is 19.4. The van der Waals surface area contributed by atoms with Gasteiger partial charge in [0.15, 0.2) is 0 Å². The van der Waals surface area contributed by atoms with E-state index in [1.54, 1.807) is 6.07 Å². The van der Waals surface area contributed by atoms with Crippen LogP contribution in [0.2, 0.25) is 0 Å². The van der Waals surface area contributed by atoms with Gasteiger partial charge in [-0.3, -0.25) is 0 Å². The summed E-state index contributed by atoms with van der Waals surface area (Å²) in [6, 6.07) is 6.30. The molecule has 0 aromatic heterocycles. The molecule has 0 saturated carbocycles. The van der Waals surface area contributed by atoms with Gasteiger partial charge in [-0.05, 0) is 55.5 Å². The van der Waals surface area contributed by atoms with E-state index in [1.165, 1.54) is 36.8 Å². The van der Waals surface area contributed by atoms with Gasteiger partial charge in [-0.25, -0.2) is 0 Å². The summed E-state index contributed by atoms with van der Waals surface area (Å²) in [5.74, 6) is 0.396. The van der Waals surface area contributed by atoms with Gasteiger partial charge < -0.3 is 10.4 Å². The minimum Gasteiger partial charge on any atom is -0.508 e. The highest BCUT2D eigenvalue weighted by molar-refractivity contribution is 5.38. The summed E-state index contributed by atoms with van der Waals surface area (Å²) in [5.41, 5.74) is 2.71. The predicted molar refractivity (Wildman–Crippen MR) is 66.7 cm³/mol. The van der Waals surface area contributed by atoms with E-state index in [-0.39, 0.29) is 0 Å². The van der Waals surface area contributed by atoms with Crippen molar-refractivity contribution in [3.8, 4) is 5.75 Å². The molecule has 0 aliphatic heterocycles. The molecule has 88 valence electrons. The van der Waals surface area contributed by atoms with E-state index in [0.29, 0.717) is 11.8 Å².